The number of hydrogen-bond acceptors (Lipinski definition) is 5. The number of para-hydroxylation sites is 2. The summed E-state index contributed by atoms with van der Waals surface area (Å²) >= 11 is 0. The first kappa shape index (κ1) is 27.5. The van der Waals surface area contributed by atoms with Crippen molar-refractivity contribution in [3.05, 3.63) is 71.5 Å². The molecule has 2 amide bonds. The van der Waals surface area contributed by atoms with E-state index in [4.69, 9.17) is 5.73 Å². The van der Waals surface area contributed by atoms with Gasteiger partial charge >= 0.3 is 6.18 Å². The first-order valence-electron chi connectivity index (χ1n) is 12.7. The minimum absolute atomic E-state index is 0.0193. The molecule has 4 rings (SSSR count). The molecule has 1 saturated carbocycles. The second-order valence-corrected chi connectivity index (χ2v) is 10.0. The number of aliphatic hydroxyl groups excluding tert-OH is 1. The van der Waals surface area contributed by atoms with Gasteiger partial charge in [-0.25, -0.2) is 4.98 Å². The highest BCUT2D eigenvalue weighted by atomic mass is 19.4. The van der Waals surface area contributed by atoms with Crippen molar-refractivity contribution in [2.75, 3.05) is 0 Å². The number of benzene rings is 2. The van der Waals surface area contributed by atoms with E-state index in [0.717, 1.165) is 31.4 Å². The molecule has 0 saturated heterocycles. The van der Waals surface area contributed by atoms with Crippen LogP contribution in [0.25, 0.3) is 11.0 Å². The van der Waals surface area contributed by atoms with Crippen molar-refractivity contribution in [1.82, 2.24) is 15.3 Å². The SMILES string of the molecule is NC(=O)C1(CCC(O)C(Cc2cccc(C(F)(F)F)c2)NC(=O)c2cnc3ccccc3n2)CCCCC1. The van der Waals surface area contributed by atoms with E-state index < -0.39 is 41.1 Å². The number of nitrogens with two attached hydrogens (primary N) is 1. The zero-order valence-corrected chi connectivity index (χ0v) is 20.9. The minimum Gasteiger partial charge on any atom is -0.391 e. The highest BCUT2D eigenvalue weighted by Crippen LogP contribution is 2.40. The van der Waals surface area contributed by atoms with E-state index in [9.17, 15) is 27.9 Å². The molecule has 1 fully saturated rings. The van der Waals surface area contributed by atoms with E-state index >= 15 is 0 Å². The topological polar surface area (TPSA) is 118 Å². The van der Waals surface area contributed by atoms with Crippen LogP contribution in [0, 0.1) is 5.41 Å². The number of hydrogen-bond donors (Lipinski definition) is 3. The second kappa shape index (κ2) is 11.5. The highest BCUT2D eigenvalue weighted by Gasteiger charge is 2.39. The normalized spacial score (nSPS) is 17.1. The summed E-state index contributed by atoms with van der Waals surface area (Å²) in [4.78, 5) is 34.0. The van der Waals surface area contributed by atoms with E-state index in [1.54, 1.807) is 24.3 Å². The number of aromatic nitrogens is 2. The second-order valence-electron chi connectivity index (χ2n) is 10.0. The maximum absolute atomic E-state index is 13.3. The third-order valence-corrected chi connectivity index (χ3v) is 7.42. The van der Waals surface area contributed by atoms with Gasteiger partial charge in [-0.1, -0.05) is 49.6 Å². The fraction of sp³-hybridized carbons (Fsp3) is 0.429. The van der Waals surface area contributed by atoms with E-state index in [0.29, 0.717) is 35.9 Å². The van der Waals surface area contributed by atoms with Crippen LogP contribution in [-0.4, -0.2) is 39.0 Å². The molecule has 10 heteroatoms. The van der Waals surface area contributed by atoms with Gasteiger partial charge in [0.1, 0.15) is 5.69 Å². The average molecular weight is 529 g/mol. The largest absolute Gasteiger partial charge is 0.416 e. The number of alkyl halides is 3. The summed E-state index contributed by atoms with van der Waals surface area (Å²) in [5.41, 5.74) is 5.63. The Kier molecular flexibility index (Phi) is 8.30. The number of fused-ring (bicyclic) bond motifs is 1. The lowest BCUT2D eigenvalue weighted by Gasteiger charge is -2.35. The Morgan fingerprint density at radius 3 is 2.45 bits per heavy atom. The zero-order valence-electron chi connectivity index (χ0n) is 20.9. The first-order valence-corrected chi connectivity index (χ1v) is 12.7. The molecule has 38 heavy (non-hydrogen) atoms. The predicted molar refractivity (Wildman–Crippen MR) is 136 cm³/mol. The Morgan fingerprint density at radius 1 is 1.05 bits per heavy atom. The van der Waals surface area contributed by atoms with Crippen molar-refractivity contribution < 1.29 is 27.9 Å². The number of rotatable bonds is 9. The molecule has 1 heterocycles. The number of amides is 2. The lowest BCUT2D eigenvalue weighted by atomic mass is 9.70. The Morgan fingerprint density at radius 2 is 1.76 bits per heavy atom. The van der Waals surface area contributed by atoms with Crippen molar-refractivity contribution in [1.29, 1.82) is 0 Å². The van der Waals surface area contributed by atoms with Crippen molar-refractivity contribution in [2.45, 2.75) is 69.7 Å². The number of halogens is 3. The smallest absolute Gasteiger partial charge is 0.391 e. The number of carbonyl (C=O) groups is 2. The van der Waals surface area contributed by atoms with Crippen LogP contribution in [0.4, 0.5) is 13.2 Å². The van der Waals surface area contributed by atoms with Gasteiger partial charge in [0.2, 0.25) is 5.91 Å². The molecule has 0 aliphatic heterocycles. The molecule has 4 N–H and O–H groups in total. The Hall–Kier alpha value is -3.53. The molecular weight excluding hydrogens is 497 g/mol. The number of aliphatic hydroxyl groups is 1. The van der Waals surface area contributed by atoms with Gasteiger partial charge in [-0.05, 0) is 55.9 Å². The van der Waals surface area contributed by atoms with Crippen molar-refractivity contribution in [3.8, 4) is 0 Å². The summed E-state index contributed by atoms with van der Waals surface area (Å²) in [6.45, 7) is 0. The monoisotopic (exact) mass is 528 g/mol. The van der Waals surface area contributed by atoms with Crippen LogP contribution in [0.5, 0.6) is 0 Å². The number of carbonyl (C=O) groups excluding carboxylic acids is 2. The maximum atomic E-state index is 13.3. The molecule has 2 aromatic carbocycles. The van der Waals surface area contributed by atoms with Gasteiger partial charge in [-0.3, -0.25) is 14.6 Å². The molecule has 3 aromatic rings. The molecule has 1 aromatic heterocycles. The Balaban J connectivity index is 1.56. The van der Waals surface area contributed by atoms with E-state index in [-0.39, 0.29) is 18.5 Å². The quantitative estimate of drug-likeness (QED) is 0.376. The fourth-order valence-corrected chi connectivity index (χ4v) is 5.19. The average Bonchev–Trinajstić information content (AvgIpc) is 2.91. The molecular formula is C28H31F3N4O3. The summed E-state index contributed by atoms with van der Waals surface area (Å²) < 4.78 is 39.9. The Bertz CT molecular complexity index is 1290. The standard InChI is InChI=1S/C28H31F3N4O3/c29-28(30,31)19-8-6-7-18(15-19)16-22(24(36)11-14-27(26(32)38)12-4-1-5-13-27)35-25(37)23-17-33-20-9-2-3-10-21(20)34-23/h2-3,6-10,15,17,22,24,36H,1,4-5,11-14,16H2,(H2,32,38)(H,35,37). The van der Waals surface area contributed by atoms with Crippen LogP contribution >= 0.6 is 0 Å². The van der Waals surface area contributed by atoms with Crippen LogP contribution < -0.4 is 11.1 Å². The van der Waals surface area contributed by atoms with Crippen LogP contribution in [0.2, 0.25) is 0 Å². The third kappa shape index (κ3) is 6.48. The van der Waals surface area contributed by atoms with Crippen LogP contribution in [-0.2, 0) is 17.4 Å². The molecule has 0 bridgehead atoms. The number of nitrogens with one attached hydrogen (secondary N) is 1. The van der Waals surface area contributed by atoms with E-state index in [2.05, 4.69) is 15.3 Å². The lowest BCUT2D eigenvalue weighted by Crippen LogP contribution is -2.46. The van der Waals surface area contributed by atoms with Gasteiger partial charge in [0.15, 0.2) is 0 Å². The summed E-state index contributed by atoms with van der Waals surface area (Å²) in [6, 6.07) is 10.9. The van der Waals surface area contributed by atoms with Crippen molar-refractivity contribution >= 4 is 22.8 Å². The lowest BCUT2D eigenvalue weighted by molar-refractivity contribution is -0.137. The molecule has 0 radical (unpaired) electrons. The van der Waals surface area contributed by atoms with E-state index in [1.165, 1.54) is 18.3 Å². The summed E-state index contributed by atoms with van der Waals surface area (Å²) in [5.74, 6) is -1.02. The molecule has 2 unspecified atom stereocenters. The van der Waals surface area contributed by atoms with Gasteiger partial charge < -0.3 is 16.2 Å². The number of nitrogens with zero attached hydrogens (tertiary/aromatic N) is 2. The maximum Gasteiger partial charge on any atom is 0.416 e. The van der Waals surface area contributed by atoms with Gasteiger partial charge in [0, 0.05) is 5.41 Å². The van der Waals surface area contributed by atoms with Gasteiger partial charge in [0.25, 0.3) is 5.91 Å². The number of primary amides is 1. The van der Waals surface area contributed by atoms with Crippen LogP contribution in [0.3, 0.4) is 0 Å². The molecule has 1 aliphatic rings. The van der Waals surface area contributed by atoms with Crippen LogP contribution in [0.1, 0.15) is 66.6 Å². The third-order valence-electron chi connectivity index (χ3n) is 7.42. The molecule has 1 aliphatic carbocycles. The fourth-order valence-electron chi connectivity index (χ4n) is 5.19. The van der Waals surface area contributed by atoms with Crippen molar-refractivity contribution in [3.63, 3.8) is 0 Å². The Labute approximate surface area is 218 Å². The summed E-state index contributed by atoms with van der Waals surface area (Å²) in [5, 5.41) is 13.9. The van der Waals surface area contributed by atoms with Gasteiger partial charge in [-0.2, -0.15) is 13.2 Å². The molecule has 2 atom stereocenters. The van der Waals surface area contributed by atoms with E-state index in [1.807, 2.05) is 0 Å². The predicted octanol–water partition coefficient (Wildman–Crippen LogP) is 4.57. The van der Waals surface area contributed by atoms with Gasteiger partial charge in [-0.15, -0.1) is 0 Å². The molecule has 7 nitrogen and oxygen atoms in total. The zero-order chi connectivity index (χ0) is 27.3. The van der Waals surface area contributed by atoms with Crippen molar-refractivity contribution in [2.24, 2.45) is 11.1 Å². The van der Waals surface area contributed by atoms with Crippen LogP contribution in [0.15, 0.2) is 54.7 Å². The first-order chi connectivity index (χ1) is 18.1. The minimum atomic E-state index is -4.52. The summed E-state index contributed by atoms with van der Waals surface area (Å²) in [7, 11) is 0. The summed E-state index contributed by atoms with van der Waals surface area (Å²) in [6.07, 6.45) is 0.0792. The molecule has 0 spiro atoms. The highest BCUT2D eigenvalue weighted by molar-refractivity contribution is 5.94. The molecule has 202 valence electrons. The van der Waals surface area contributed by atoms with Gasteiger partial charge in [0.05, 0.1) is 34.9 Å².